The number of ether oxygens (including phenoxy) is 1. The number of hydrogen-bond acceptors (Lipinski definition) is 5. The van der Waals surface area contributed by atoms with Crippen molar-refractivity contribution in [2.45, 2.75) is 165 Å². The van der Waals surface area contributed by atoms with E-state index in [1.165, 1.54) is 18.4 Å². The van der Waals surface area contributed by atoms with E-state index in [1.54, 1.807) is 13.8 Å². The van der Waals surface area contributed by atoms with Crippen LogP contribution in [0.1, 0.15) is 153 Å². The van der Waals surface area contributed by atoms with Crippen LogP contribution < -0.4 is 5.32 Å². The lowest BCUT2D eigenvalue weighted by atomic mass is 9.33. The molecule has 6 saturated carbocycles. The van der Waals surface area contributed by atoms with Crippen LogP contribution in [-0.2, 0) is 23.9 Å². The Labute approximate surface area is 332 Å². The molecule has 2 amide bonds. The van der Waals surface area contributed by atoms with E-state index >= 15 is 0 Å². The molecule has 0 aromatic heterocycles. The third kappa shape index (κ3) is 6.16. The van der Waals surface area contributed by atoms with E-state index in [9.17, 15) is 24.3 Å². The van der Waals surface area contributed by atoms with Crippen molar-refractivity contribution in [3.8, 4) is 0 Å². The maximum absolute atomic E-state index is 14.4. The van der Waals surface area contributed by atoms with Gasteiger partial charge in [0.1, 0.15) is 6.10 Å². The Balaban J connectivity index is 1.06. The van der Waals surface area contributed by atoms with Gasteiger partial charge in [-0.2, -0.15) is 0 Å². The smallest absolute Gasteiger partial charge is 0.309 e. The second-order valence-corrected chi connectivity index (χ2v) is 22.7. The Bertz CT molecular complexity index is 1590. The van der Waals surface area contributed by atoms with Gasteiger partial charge in [0, 0.05) is 36.4 Å². The fraction of sp³-hybridized carbons (Fsp3) is 0.872. The molecule has 0 aromatic carbocycles. The van der Waals surface area contributed by atoms with E-state index in [0.29, 0.717) is 35.5 Å². The minimum atomic E-state index is -1.15. The summed E-state index contributed by atoms with van der Waals surface area (Å²) in [4.78, 5) is 54.6. The molecule has 7 aliphatic rings. The molecule has 7 fully saturated rings. The van der Waals surface area contributed by atoms with Gasteiger partial charge in [-0.3, -0.25) is 19.2 Å². The number of allylic oxidation sites excluding steroid dienone is 1. The second-order valence-electron chi connectivity index (χ2n) is 22.7. The van der Waals surface area contributed by atoms with E-state index in [1.807, 2.05) is 4.90 Å². The van der Waals surface area contributed by atoms with Crippen LogP contribution in [0.25, 0.3) is 0 Å². The number of fused-ring (bicyclic) bond motifs is 7. The normalized spacial score (nSPS) is 44.1. The lowest BCUT2D eigenvalue weighted by molar-refractivity contribution is -0.245. The molecule has 0 spiro atoms. The predicted octanol–water partition coefficient (Wildman–Crippen LogP) is 9.07. The van der Waals surface area contributed by atoms with Crippen molar-refractivity contribution in [2.75, 3.05) is 13.1 Å². The number of esters is 1. The van der Waals surface area contributed by atoms with Gasteiger partial charge in [0.05, 0.1) is 11.8 Å². The number of carbonyl (C=O) groups is 4. The monoisotopic (exact) mass is 763 g/mol. The zero-order chi connectivity index (χ0) is 40.3. The third-order valence-corrected chi connectivity index (χ3v) is 19.0. The van der Waals surface area contributed by atoms with Crippen LogP contribution in [0.3, 0.4) is 0 Å². The van der Waals surface area contributed by atoms with Crippen molar-refractivity contribution in [1.82, 2.24) is 10.2 Å². The summed E-state index contributed by atoms with van der Waals surface area (Å²) >= 11 is 0. The third-order valence-electron chi connectivity index (χ3n) is 19.0. The molecular weight excluding hydrogens is 689 g/mol. The van der Waals surface area contributed by atoms with E-state index in [-0.39, 0.29) is 69.3 Å². The summed E-state index contributed by atoms with van der Waals surface area (Å²) in [5, 5.41) is 13.2. The second kappa shape index (κ2) is 13.6. The predicted molar refractivity (Wildman–Crippen MR) is 214 cm³/mol. The highest BCUT2D eigenvalue weighted by Crippen LogP contribution is 2.76. The van der Waals surface area contributed by atoms with E-state index in [4.69, 9.17) is 4.74 Å². The van der Waals surface area contributed by atoms with Gasteiger partial charge in [-0.05, 0) is 155 Å². The van der Waals surface area contributed by atoms with Gasteiger partial charge in [0.25, 0.3) is 0 Å². The first-order chi connectivity index (χ1) is 25.5. The molecule has 7 rings (SSSR count). The van der Waals surface area contributed by atoms with Crippen molar-refractivity contribution < 1.29 is 29.0 Å². The number of amides is 2. The maximum Gasteiger partial charge on any atom is 0.309 e. The zero-order valence-corrected chi connectivity index (χ0v) is 36.0. The highest BCUT2D eigenvalue weighted by molar-refractivity contribution is 5.84. The number of carboxylic acids is 1. The van der Waals surface area contributed by atoms with Crippen LogP contribution in [0.2, 0.25) is 0 Å². The summed E-state index contributed by atoms with van der Waals surface area (Å²) in [6.07, 6.45) is 12.2. The molecule has 13 atom stereocenters. The molecule has 2 unspecified atom stereocenters. The lowest BCUT2D eigenvalue weighted by Crippen LogP contribution is -2.66. The first kappa shape index (κ1) is 40.8. The Morgan fingerprint density at radius 2 is 1.47 bits per heavy atom. The number of nitrogens with zero attached hydrogens (tertiary/aromatic N) is 1. The molecule has 2 N–H and O–H groups in total. The standard InChI is InChI=1S/C47H74N2O6/c1-27(2)29-24-30(39(51)48-35-25-32(43(35,5)6)40(52)49-22-12-13-23-49)28-16-20-46(10)31(38(28)29)14-15-34-45(9)19-18-36(55-37(50)26-42(3,4)41(53)54)44(7,8)33(45)17-21-47(34,46)11/h28-36,38H,1,12-26H2,2-11H3,(H,48,51)(H,53,54)/t28?,29-,30+,31+,32-,33-,34+,35?,36-,38+,45-,46+,47+/m0/s1. The molecular formula is C47H74N2O6. The number of carboxylic acid groups (broad SMARTS) is 1. The zero-order valence-electron chi connectivity index (χ0n) is 36.0. The van der Waals surface area contributed by atoms with Crippen LogP contribution in [0, 0.1) is 79.8 Å². The van der Waals surface area contributed by atoms with Crippen LogP contribution in [0.15, 0.2) is 12.2 Å². The van der Waals surface area contributed by atoms with Crippen LogP contribution >= 0.6 is 0 Å². The summed E-state index contributed by atoms with van der Waals surface area (Å²) in [7, 11) is 0. The van der Waals surface area contributed by atoms with Crippen molar-refractivity contribution in [3.05, 3.63) is 12.2 Å². The van der Waals surface area contributed by atoms with Crippen molar-refractivity contribution in [1.29, 1.82) is 0 Å². The number of likely N-dealkylation sites (tertiary alicyclic amines) is 1. The Morgan fingerprint density at radius 1 is 0.818 bits per heavy atom. The maximum atomic E-state index is 14.4. The summed E-state index contributed by atoms with van der Waals surface area (Å²) < 4.78 is 6.19. The average molecular weight is 763 g/mol. The molecule has 1 saturated heterocycles. The summed E-state index contributed by atoms with van der Waals surface area (Å²) in [6.45, 7) is 28.5. The highest BCUT2D eigenvalue weighted by Gasteiger charge is 2.70. The number of carbonyl (C=O) groups excluding carboxylic acids is 3. The SMILES string of the molecule is C=C(C)[C@@H]1C[C@@H](C(=O)NC2C[C@@H](C(=O)N3CCCC3)C2(C)C)C2CC[C@]3(C)[C@H](CC[C@@H]4[C@@]5(C)CC[C@H](OC(=O)CC(C)(C)C(=O)O)C(C)(C)[C@@H]5CC[C@]43C)[C@H]21. The molecule has 0 radical (unpaired) electrons. The van der Waals surface area contributed by atoms with Crippen LogP contribution in [0.4, 0.5) is 0 Å². The van der Waals surface area contributed by atoms with Gasteiger partial charge in [-0.1, -0.05) is 60.6 Å². The summed E-state index contributed by atoms with van der Waals surface area (Å²) in [5.74, 6) is 1.84. The van der Waals surface area contributed by atoms with Gasteiger partial charge in [0.2, 0.25) is 11.8 Å². The molecule has 1 heterocycles. The van der Waals surface area contributed by atoms with E-state index < -0.39 is 17.4 Å². The Kier molecular flexibility index (Phi) is 10.1. The van der Waals surface area contributed by atoms with Crippen LogP contribution in [0.5, 0.6) is 0 Å². The quantitative estimate of drug-likeness (QED) is 0.189. The molecule has 308 valence electrons. The van der Waals surface area contributed by atoms with Gasteiger partial charge < -0.3 is 20.1 Å². The van der Waals surface area contributed by atoms with E-state index in [0.717, 1.165) is 77.3 Å². The fourth-order valence-electron chi connectivity index (χ4n) is 15.4. The van der Waals surface area contributed by atoms with Crippen LogP contribution in [-0.4, -0.2) is 59.0 Å². The number of aliphatic carboxylic acids is 1. The fourth-order valence-corrected chi connectivity index (χ4v) is 15.4. The van der Waals surface area contributed by atoms with Gasteiger partial charge in [-0.15, -0.1) is 0 Å². The van der Waals surface area contributed by atoms with Crippen molar-refractivity contribution >= 4 is 23.8 Å². The molecule has 6 aliphatic carbocycles. The van der Waals surface area contributed by atoms with E-state index in [2.05, 4.69) is 67.3 Å². The Morgan fingerprint density at radius 3 is 2.09 bits per heavy atom. The summed E-state index contributed by atoms with van der Waals surface area (Å²) in [6, 6.07) is 0.0393. The number of nitrogens with one attached hydrogen (secondary N) is 1. The van der Waals surface area contributed by atoms with Crippen molar-refractivity contribution in [3.63, 3.8) is 0 Å². The van der Waals surface area contributed by atoms with Gasteiger partial charge >= 0.3 is 11.9 Å². The average Bonchev–Trinajstić information content (AvgIpc) is 3.77. The minimum Gasteiger partial charge on any atom is -0.481 e. The molecule has 55 heavy (non-hydrogen) atoms. The first-order valence-corrected chi connectivity index (χ1v) is 22.2. The molecule has 0 bridgehead atoms. The first-order valence-electron chi connectivity index (χ1n) is 22.2. The Hall–Kier alpha value is -2.38. The number of hydrogen-bond donors (Lipinski definition) is 2. The molecule has 0 aromatic rings. The minimum absolute atomic E-state index is 0.000900. The highest BCUT2D eigenvalue weighted by atomic mass is 16.5. The number of rotatable bonds is 8. The topological polar surface area (TPSA) is 113 Å². The van der Waals surface area contributed by atoms with Crippen molar-refractivity contribution in [2.24, 2.45) is 79.8 Å². The van der Waals surface area contributed by atoms with Gasteiger partial charge in [0.15, 0.2) is 0 Å². The summed E-state index contributed by atoms with van der Waals surface area (Å²) in [5.41, 5.74) is 0.103. The lowest BCUT2D eigenvalue weighted by Gasteiger charge is -2.72. The molecule has 8 heteroatoms. The van der Waals surface area contributed by atoms with Gasteiger partial charge in [-0.25, -0.2) is 0 Å². The molecule has 8 nitrogen and oxygen atoms in total. The largest absolute Gasteiger partial charge is 0.481 e. The molecule has 1 aliphatic heterocycles.